The van der Waals surface area contributed by atoms with Crippen molar-refractivity contribution in [2.45, 2.75) is 25.8 Å². The second kappa shape index (κ2) is 12.4. The highest BCUT2D eigenvalue weighted by atomic mass is 35.5. The maximum absolute atomic E-state index is 14.0. The number of fused-ring (bicyclic) bond motifs is 1. The van der Waals surface area contributed by atoms with E-state index in [1.54, 1.807) is 42.2 Å². The zero-order chi connectivity index (χ0) is 31.7. The van der Waals surface area contributed by atoms with Gasteiger partial charge in [0, 0.05) is 43.0 Å². The topological polar surface area (TPSA) is 101 Å². The van der Waals surface area contributed by atoms with Crippen LogP contribution in [-0.2, 0) is 4.79 Å². The van der Waals surface area contributed by atoms with Crippen LogP contribution in [0.4, 0.5) is 14.6 Å². The first-order valence-corrected chi connectivity index (χ1v) is 14.0. The van der Waals surface area contributed by atoms with Gasteiger partial charge in [-0.05, 0) is 37.6 Å². The molecule has 1 aliphatic heterocycles. The Morgan fingerprint density at radius 2 is 1.98 bits per heavy atom. The maximum atomic E-state index is 14.0. The monoisotopic (exact) mass is 607 g/mol. The van der Waals surface area contributed by atoms with E-state index in [2.05, 4.69) is 16.5 Å². The minimum Gasteiger partial charge on any atom is -0.350 e. The highest BCUT2D eigenvalue weighted by Crippen LogP contribution is 2.36. The van der Waals surface area contributed by atoms with Crippen LogP contribution in [0.25, 0.3) is 28.0 Å². The highest BCUT2D eigenvalue weighted by molar-refractivity contribution is 6.34. The number of aldehydes is 1. The Morgan fingerprint density at radius 3 is 2.65 bits per heavy atom. The summed E-state index contributed by atoms with van der Waals surface area (Å²) >= 11 is 6.80. The van der Waals surface area contributed by atoms with E-state index in [9.17, 15) is 23.2 Å². The third-order valence-electron chi connectivity index (χ3n) is 7.62. The summed E-state index contributed by atoms with van der Waals surface area (Å²) in [4.78, 5) is 55.5. The molecule has 43 heavy (non-hydrogen) atoms. The number of aryl methyl sites for hydroxylation is 1. The van der Waals surface area contributed by atoms with Gasteiger partial charge in [-0.15, -0.1) is 0 Å². The van der Waals surface area contributed by atoms with E-state index in [0.29, 0.717) is 30.6 Å². The van der Waals surface area contributed by atoms with Crippen molar-refractivity contribution in [1.29, 1.82) is 0 Å². The number of hydrogen-bond acceptors (Lipinski definition) is 7. The van der Waals surface area contributed by atoms with E-state index < -0.39 is 31.2 Å². The number of piperazine rings is 1. The lowest BCUT2D eigenvalue weighted by molar-refractivity contribution is -0.126. The average Bonchev–Trinajstić information content (AvgIpc) is 3.01. The van der Waals surface area contributed by atoms with Gasteiger partial charge in [-0.1, -0.05) is 42.4 Å². The molecule has 1 aromatic carbocycles. The van der Waals surface area contributed by atoms with Gasteiger partial charge in [0.25, 0.3) is 0 Å². The van der Waals surface area contributed by atoms with Crippen molar-refractivity contribution in [2.24, 2.45) is 0 Å². The zero-order valence-corrected chi connectivity index (χ0v) is 24.3. The van der Waals surface area contributed by atoms with Gasteiger partial charge in [0.2, 0.25) is 5.91 Å². The molecule has 0 aliphatic carbocycles. The molecule has 0 saturated carbocycles. The third-order valence-corrected chi connectivity index (χ3v) is 7.90. The number of amides is 1. The van der Waals surface area contributed by atoms with Crippen LogP contribution in [-0.4, -0.2) is 75.6 Å². The van der Waals surface area contributed by atoms with Crippen molar-refractivity contribution >= 4 is 40.6 Å². The standard InChI is InChI=1S/C31H29ClF2N6O3/c1-4-25(42)38-11-12-39(19(3)16-38)29-23-13-24(32)27(22-8-6-5-7-20(22)17-41)36-30(23)40(31(43)37-29)28-18(2)9-10-35-26(28)21(14-33)15-34/h4-10,13,17,19,21H,1,11-12,14-16H2,2-3H3/t19-/m0/s1/i17D. The summed E-state index contributed by atoms with van der Waals surface area (Å²) in [7, 11) is 0. The molecule has 3 aromatic heterocycles. The fourth-order valence-electron chi connectivity index (χ4n) is 5.44. The van der Waals surface area contributed by atoms with E-state index in [0.717, 1.165) is 0 Å². The summed E-state index contributed by atoms with van der Waals surface area (Å²) in [6.45, 7) is 6.06. The van der Waals surface area contributed by atoms with Crippen LogP contribution in [0.5, 0.6) is 0 Å². The predicted octanol–water partition coefficient (Wildman–Crippen LogP) is 4.86. The fraction of sp³-hybridized carbons (Fsp3) is 0.290. The number of anilines is 1. The molecule has 12 heteroatoms. The first-order valence-electron chi connectivity index (χ1n) is 14.1. The molecule has 0 spiro atoms. The van der Waals surface area contributed by atoms with Gasteiger partial charge < -0.3 is 9.80 Å². The first-order chi connectivity index (χ1) is 21.1. The minimum atomic E-state index is -1.24. The van der Waals surface area contributed by atoms with E-state index in [4.69, 9.17) is 18.0 Å². The van der Waals surface area contributed by atoms with Crippen LogP contribution in [0.2, 0.25) is 5.02 Å². The van der Waals surface area contributed by atoms with E-state index in [1.165, 1.54) is 22.9 Å². The van der Waals surface area contributed by atoms with Gasteiger partial charge in [0.15, 0.2) is 11.9 Å². The smallest absolute Gasteiger partial charge is 0.350 e. The van der Waals surface area contributed by atoms with Crippen LogP contribution in [0.3, 0.4) is 0 Å². The molecular formula is C31H29ClF2N6O3. The quantitative estimate of drug-likeness (QED) is 0.208. The number of halogens is 3. The summed E-state index contributed by atoms with van der Waals surface area (Å²) < 4.78 is 36.9. The van der Waals surface area contributed by atoms with Crippen molar-refractivity contribution in [1.82, 2.24) is 24.4 Å². The predicted molar refractivity (Wildman–Crippen MR) is 162 cm³/mol. The maximum Gasteiger partial charge on any atom is 0.355 e. The number of pyridine rings is 2. The number of aromatic nitrogens is 4. The molecule has 1 atom stereocenters. The Labute approximate surface area is 252 Å². The first kappa shape index (κ1) is 28.6. The van der Waals surface area contributed by atoms with Crippen LogP contribution >= 0.6 is 11.6 Å². The van der Waals surface area contributed by atoms with Crippen LogP contribution in [0.1, 0.15) is 35.8 Å². The Hall–Kier alpha value is -4.51. The number of nitrogens with zero attached hydrogens (tertiary/aromatic N) is 6. The summed E-state index contributed by atoms with van der Waals surface area (Å²) in [6, 6.07) is 9.25. The van der Waals surface area contributed by atoms with Crippen molar-refractivity contribution in [3.8, 4) is 16.9 Å². The molecular weight excluding hydrogens is 578 g/mol. The Bertz CT molecular complexity index is 1850. The van der Waals surface area contributed by atoms with Crippen molar-refractivity contribution in [3.63, 3.8) is 0 Å². The van der Waals surface area contributed by atoms with Gasteiger partial charge in [-0.25, -0.2) is 14.3 Å². The largest absolute Gasteiger partial charge is 0.355 e. The Kier molecular flexibility index (Phi) is 8.24. The second-order valence-electron chi connectivity index (χ2n) is 10.3. The number of rotatable bonds is 8. The van der Waals surface area contributed by atoms with Crippen molar-refractivity contribution < 1.29 is 19.7 Å². The molecule has 4 heterocycles. The van der Waals surface area contributed by atoms with Crippen molar-refractivity contribution in [2.75, 3.05) is 37.9 Å². The SMILES string of the molecule is [2H]C(=O)c1ccccc1-c1nc2c(cc1Cl)c(N1CCN(C(=O)C=C)C[C@@H]1C)nc(=O)n2-c1c(C)ccnc1C(CF)CF. The Balaban J connectivity index is 1.84. The molecule has 222 valence electrons. The summed E-state index contributed by atoms with van der Waals surface area (Å²) in [5.74, 6) is -1.19. The number of benzene rings is 1. The molecule has 1 amide bonds. The molecule has 0 N–H and O–H groups in total. The summed E-state index contributed by atoms with van der Waals surface area (Å²) in [6.07, 6.45) is 1.71. The van der Waals surface area contributed by atoms with Gasteiger partial charge in [-0.2, -0.15) is 4.98 Å². The second-order valence-corrected chi connectivity index (χ2v) is 10.7. The molecule has 1 aliphatic rings. The summed E-state index contributed by atoms with van der Waals surface area (Å²) in [5, 5.41) is 0.482. The van der Waals surface area contributed by atoms with Gasteiger partial charge in [-0.3, -0.25) is 23.4 Å². The number of hydrogen-bond donors (Lipinski definition) is 0. The molecule has 4 aromatic rings. The van der Waals surface area contributed by atoms with Gasteiger partial charge in [0.05, 0.1) is 33.4 Å². The average molecular weight is 608 g/mol. The van der Waals surface area contributed by atoms with Crippen molar-refractivity contribution in [3.05, 3.63) is 87.6 Å². The third kappa shape index (κ3) is 5.40. The fourth-order valence-corrected chi connectivity index (χ4v) is 5.70. The molecule has 5 rings (SSSR count). The van der Waals surface area contributed by atoms with E-state index >= 15 is 0 Å². The number of carbonyl (C=O) groups excluding carboxylic acids is 2. The molecule has 0 radical (unpaired) electrons. The Morgan fingerprint density at radius 1 is 1.23 bits per heavy atom. The number of alkyl halides is 2. The van der Waals surface area contributed by atoms with E-state index in [-0.39, 0.29) is 56.6 Å². The van der Waals surface area contributed by atoms with E-state index in [1.807, 2.05) is 11.8 Å². The lowest BCUT2D eigenvalue weighted by Gasteiger charge is -2.40. The molecule has 0 unspecified atom stereocenters. The minimum absolute atomic E-state index is 0.0258. The van der Waals surface area contributed by atoms with Gasteiger partial charge in [0.1, 0.15) is 20.5 Å². The lowest BCUT2D eigenvalue weighted by atomic mass is 10.0. The summed E-state index contributed by atoms with van der Waals surface area (Å²) in [5.41, 5.74) is 0.417. The molecule has 0 bridgehead atoms. The zero-order valence-electron chi connectivity index (χ0n) is 24.6. The van der Waals surface area contributed by atoms with Gasteiger partial charge >= 0.3 is 5.69 Å². The normalized spacial score (nSPS) is 15.6. The number of carbonyl (C=O) groups is 2. The lowest BCUT2D eigenvalue weighted by Crippen LogP contribution is -2.54. The molecule has 9 nitrogen and oxygen atoms in total. The van der Waals surface area contributed by atoms with Crippen LogP contribution < -0.4 is 10.6 Å². The molecule has 1 saturated heterocycles. The highest BCUT2D eigenvalue weighted by Gasteiger charge is 2.31. The van der Waals surface area contributed by atoms with Crippen LogP contribution in [0.15, 0.2) is 60.0 Å². The molecule has 1 fully saturated rings. The van der Waals surface area contributed by atoms with Crippen LogP contribution in [0, 0.1) is 6.92 Å².